The minimum absolute atomic E-state index is 0.0861. The van der Waals surface area contributed by atoms with Crippen LogP contribution < -0.4 is 20.3 Å². The molecule has 0 fully saturated rings. The molecule has 0 saturated carbocycles. The lowest BCUT2D eigenvalue weighted by Crippen LogP contribution is -2.22. The number of ether oxygens (including phenoxy) is 1. The van der Waals surface area contributed by atoms with Gasteiger partial charge in [0.1, 0.15) is 5.75 Å². The summed E-state index contributed by atoms with van der Waals surface area (Å²) in [4.78, 5) is 14.3. The molecule has 0 bridgehead atoms. The predicted molar refractivity (Wildman–Crippen MR) is 105 cm³/mol. The molecule has 0 radical (unpaired) electrons. The number of carbonyl (C=O) groups is 1. The summed E-state index contributed by atoms with van der Waals surface area (Å²) in [7, 11) is 0. The quantitative estimate of drug-likeness (QED) is 0.724. The molecule has 25 heavy (non-hydrogen) atoms. The molecule has 0 aliphatic carbocycles. The first-order valence-electron chi connectivity index (χ1n) is 8.77. The molecule has 0 unspecified atom stereocenters. The second-order valence-electron chi connectivity index (χ2n) is 5.58. The van der Waals surface area contributed by atoms with Crippen LogP contribution in [0.2, 0.25) is 0 Å². The largest absolute Gasteiger partial charge is 0.494 e. The van der Waals surface area contributed by atoms with Crippen LogP contribution in [0.1, 0.15) is 20.8 Å². The Kier molecular flexibility index (Phi) is 7.14. The van der Waals surface area contributed by atoms with Crippen LogP contribution in [0.25, 0.3) is 0 Å². The predicted octanol–water partition coefficient (Wildman–Crippen LogP) is 3.98. The number of nitrogens with one attached hydrogen (secondary N) is 2. The number of carbonyl (C=O) groups excluding carboxylic acids is 1. The Balaban J connectivity index is 1.83. The van der Waals surface area contributed by atoms with Gasteiger partial charge in [-0.25, -0.2) is 0 Å². The first-order valence-corrected chi connectivity index (χ1v) is 8.77. The topological polar surface area (TPSA) is 53.6 Å². The molecule has 0 aliphatic rings. The van der Waals surface area contributed by atoms with Crippen molar-refractivity contribution >= 4 is 23.0 Å². The average Bonchev–Trinajstić information content (AvgIpc) is 2.64. The molecule has 1 amide bonds. The van der Waals surface area contributed by atoms with Crippen LogP contribution >= 0.6 is 0 Å². The Bertz CT molecular complexity index is 650. The average molecular weight is 341 g/mol. The maximum absolute atomic E-state index is 12.1. The second-order valence-corrected chi connectivity index (χ2v) is 5.58. The smallest absolute Gasteiger partial charge is 0.243 e. The number of hydrogen-bond acceptors (Lipinski definition) is 4. The Hall–Kier alpha value is -2.69. The Labute approximate surface area is 150 Å². The van der Waals surface area contributed by atoms with Crippen molar-refractivity contribution in [1.82, 2.24) is 0 Å². The molecule has 134 valence electrons. The fourth-order valence-electron chi connectivity index (χ4n) is 2.57. The van der Waals surface area contributed by atoms with E-state index in [0.29, 0.717) is 6.61 Å². The van der Waals surface area contributed by atoms with Crippen molar-refractivity contribution < 1.29 is 9.53 Å². The van der Waals surface area contributed by atoms with E-state index in [9.17, 15) is 4.79 Å². The van der Waals surface area contributed by atoms with Gasteiger partial charge in [0.2, 0.25) is 5.91 Å². The van der Waals surface area contributed by atoms with Crippen LogP contribution in [0.4, 0.5) is 17.1 Å². The van der Waals surface area contributed by atoms with Crippen molar-refractivity contribution in [2.24, 2.45) is 0 Å². The molecule has 2 rings (SSSR count). The van der Waals surface area contributed by atoms with Gasteiger partial charge in [0.05, 0.1) is 13.2 Å². The van der Waals surface area contributed by atoms with E-state index in [-0.39, 0.29) is 12.5 Å². The van der Waals surface area contributed by atoms with Gasteiger partial charge in [-0.2, -0.15) is 0 Å². The Morgan fingerprint density at radius 3 is 2.08 bits per heavy atom. The molecule has 0 heterocycles. The fourth-order valence-corrected chi connectivity index (χ4v) is 2.57. The van der Waals surface area contributed by atoms with E-state index in [1.165, 1.54) is 5.69 Å². The van der Waals surface area contributed by atoms with Gasteiger partial charge in [-0.15, -0.1) is 0 Å². The molecule has 0 saturated heterocycles. The van der Waals surface area contributed by atoms with E-state index in [4.69, 9.17) is 4.74 Å². The van der Waals surface area contributed by atoms with E-state index < -0.39 is 0 Å². The third-order valence-electron chi connectivity index (χ3n) is 3.90. The van der Waals surface area contributed by atoms with E-state index in [0.717, 1.165) is 30.2 Å². The maximum atomic E-state index is 12.1. The summed E-state index contributed by atoms with van der Waals surface area (Å²) in [5.74, 6) is 0.712. The minimum atomic E-state index is -0.0861. The SMILES string of the molecule is CCOc1ccc(NC(=O)CNc2ccc(N(CC)CC)cc2)cc1. The highest BCUT2D eigenvalue weighted by atomic mass is 16.5. The van der Waals surface area contributed by atoms with Crippen molar-refractivity contribution in [2.45, 2.75) is 20.8 Å². The highest BCUT2D eigenvalue weighted by Crippen LogP contribution is 2.18. The van der Waals surface area contributed by atoms with Crippen molar-refractivity contribution in [1.29, 1.82) is 0 Å². The molecule has 2 aromatic carbocycles. The van der Waals surface area contributed by atoms with Gasteiger partial charge in [-0.05, 0) is 69.3 Å². The minimum Gasteiger partial charge on any atom is -0.494 e. The molecule has 2 aromatic rings. The van der Waals surface area contributed by atoms with Gasteiger partial charge in [0.15, 0.2) is 0 Å². The molecular weight excluding hydrogens is 314 g/mol. The molecular formula is C20H27N3O2. The zero-order chi connectivity index (χ0) is 18.1. The summed E-state index contributed by atoms with van der Waals surface area (Å²) in [5.41, 5.74) is 2.87. The normalized spacial score (nSPS) is 10.2. The molecule has 5 nitrogen and oxygen atoms in total. The van der Waals surface area contributed by atoms with Gasteiger partial charge in [0.25, 0.3) is 0 Å². The summed E-state index contributed by atoms with van der Waals surface area (Å²) in [6.07, 6.45) is 0. The van der Waals surface area contributed by atoms with Gasteiger partial charge in [0, 0.05) is 30.2 Å². The molecule has 0 atom stereocenters. The van der Waals surface area contributed by atoms with Gasteiger partial charge < -0.3 is 20.3 Å². The zero-order valence-corrected chi connectivity index (χ0v) is 15.2. The van der Waals surface area contributed by atoms with E-state index >= 15 is 0 Å². The van der Waals surface area contributed by atoms with Crippen LogP contribution in [0.5, 0.6) is 5.75 Å². The number of benzene rings is 2. The molecule has 0 aromatic heterocycles. The lowest BCUT2D eigenvalue weighted by Gasteiger charge is -2.21. The Morgan fingerprint density at radius 2 is 1.52 bits per heavy atom. The Morgan fingerprint density at radius 1 is 0.920 bits per heavy atom. The molecule has 0 aliphatic heterocycles. The van der Waals surface area contributed by atoms with Gasteiger partial charge in [-0.1, -0.05) is 0 Å². The lowest BCUT2D eigenvalue weighted by atomic mass is 10.2. The van der Waals surface area contributed by atoms with E-state index in [2.05, 4.69) is 41.5 Å². The third kappa shape index (κ3) is 5.71. The summed E-state index contributed by atoms with van der Waals surface area (Å²) in [5, 5.41) is 6.01. The lowest BCUT2D eigenvalue weighted by molar-refractivity contribution is -0.114. The van der Waals surface area contributed by atoms with Crippen molar-refractivity contribution in [3.63, 3.8) is 0 Å². The van der Waals surface area contributed by atoms with E-state index in [1.807, 2.05) is 43.3 Å². The zero-order valence-electron chi connectivity index (χ0n) is 15.2. The number of amides is 1. The van der Waals surface area contributed by atoms with E-state index in [1.54, 1.807) is 0 Å². The molecule has 2 N–H and O–H groups in total. The molecule has 0 spiro atoms. The standard InChI is InChI=1S/C20H27N3O2/c1-4-23(5-2)18-11-7-16(8-12-18)21-15-20(24)22-17-9-13-19(14-10-17)25-6-3/h7-14,21H,4-6,15H2,1-3H3,(H,22,24). The van der Waals surface area contributed by atoms with Crippen molar-refractivity contribution in [3.05, 3.63) is 48.5 Å². The fraction of sp³-hybridized carbons (Fsp3) is 0.350. The summed E-state index contributed by atoms with van der Waals surface area (Å²) >= 11 is 0. The number of anilines is 3. The number of rotatable bonds is 9. The van der Waals surface area contributed by atoms with Crippen molar-refractivity contribution in [3.8, 4) is 5.75 Å². The van der Waals surface area contributed by atoms with Crippen LogP contribution in [-0.4, -0.2) is 32.1 Å². The van der Waals surface area contributed by atoms with Gasteiger partial charge >= 0.3 is 0 Å². The van der Waals surface area contributed by atoms with Crippen molar-refractivity contribution in [2.75, 3.05) is 41.8 Å². The summed E-state index contributed by atoms with van der Waals surface area (Å²) in [6.45, 7) is 9.03. The highest BCUT2D eigenvalue weighted by Gasteiger charge is 2.04. The third-order valence-corrected chi connectivity index (χ3v) is 3.90. The first kappa shape index (κ1) is 18.6. The summed E-state index contributed by atoms with van der Waals surface area (Å²) in [6, 6.07) is 15.5. The maximum Gasteiger partial charge on any atom is 0.243 e. The highest BCUT2D eigenvalue weighted by molar-refractivity contribution is 5.93. The van der Waals surface area contributed by atoms with Crippen LogP contribution in [0.15, 0.2) is 48.5 Å². The summed E-state index contributed by atoms with van der Waals surface area (Å²) < 4.78 is 5.39. The van der Waals surface area contributed by atoms with Crippen LogP contribution in [0.3, 0.4) is 0 Å². The van der Waals surface area contributed by atoms with Crippen LogP contribution in [-0.2, 0) is 4.79 Å². The number of hydrogen-bond donors (Lipinski definition) is 2. The second kappa shape index (κ2) is 9.57. The first-order chi connectivity index (χ1) is 12.2. The van der Waals surface area contributed by atoms with Crippen LogP contribution in [0, 0.1) is 0 Å². The monoisotopic (exact) mass is 341 g/mol. The van der Waals surface area contributed by atoms with Gasteiger partial charge in [-0.3, -0.25) is 4.79 Å². The molecule has 5 heteroatoms. The number of nitrogens with zero attached hydrogens (tertiary/aromatic N) is 1.